The third-order valence-corrected chi connectivity index (χ3v) is 5.35. The number of nitrogens with zero attached hydrogens (tertiary/aromatic N) is 2. The van der Waals surface area contributed by atoms with Crippen LogP contribution in [-0.4, -0.2) is 48.6 Å². The number of piperazine rings is 1. The van der Waals surface area contributed by atoms with Gasteiger partial charge in [-0.3, -0.25) is 14.4 Å². The zero-order valence-corrected chi connectivity index (χ0v) is 15.0. The summed E-state index contributed by atoms with van der Waals surface area (Å²) < 4.78 is 13.0. The van der Waals surface area contributed by atoms with E-state index < -0.39 is 5.92 Å². The molecule has 0 spiro atoms. The molecular formula is C20H25FN2O3. The van der Waals surface area contributed by atoms with Gasteiger partial charge in [-0.15, -0.1) is 0 Å². The lowest BCUT2D eigenvalue weighted by Crippen LogP contribution is -2.48. The summed E-state index contributed by atoms with van der Waals surface area (Å²) in [6.45, 7) is 2.55. The molecular weight excluding hydrogens is 335 g/mol. The fraction of sp³-hybridized carbons (Fsp3) is 0.550. The lowest BCUT2D eigenvalue weighted by atomic mass is 9.83. The first-order valence-electron chi connectivity index (χ1n) is 9.38. The summed E-state index contributed by atoms with van der Waals surface area (Å²) in [5, 5.41) is 0. The van der Waals surface area contributed by atoms with Crippen molar-refractivity contribution in [3.05, 3.63) is 30.1 Å². The van der Waals surface area contributed by atoms with Crippen LogP contribution in [0.3, 0.4) is 0 Å². The highest BCUT2D eigenvalue weighted by Crippen LogP contribution is 2.23. The van der Waals surface area contributed by atoms with Crippen molar-refractivity contribution in [2.24, 2.45) is 5.92 Å². The number of benzene rings is 1. The van der Waals surface area contributed by atoms with Gasteiger partial charge in [0.25, 0.3) is 0 Å². The van der Waals surface area contributed by atoms with Crippen molar-refractivity contribution in [2.75, 3.05) is 31.1 Å². The van der Waals surface area contributed by atoms with Crippen LogP contribution in [0.5, 0.6) is 0 Å². The molecule has 1 heterocycles. The number of ketones is 2. The molecule has 1 saturated heterocycles. The highest BCUT2D eigenvalue weighted by molar-refractivity contribution is 6.03. The monoisotopic (exact) mass is 360 g/mol. The van der Waals surface area contributed by atoms with Gasteiger partial charge in [0.1, 0.15) is 17.4 Å². The van der Waals surface area contributed by atoms with Gasteiger partial charge >= 0.3 is 0 Å². The third kappa shape index (κ3) is 4.48. The Balaban J connectivity index is 1.44. The largest absolute Gasteiger partial charge is 0.368 e. The van der Waals surface area contributed by atoms with Gasteiger partial charge in [0.15, 0.2) is 0 Å². The molecule has 6 heteroatoms. The minimum Gasteiger partial charge on any atom is -0.368 e. The fourth-order valence-corrected chi connectivity index (χ4v) is 3.75. The topological polar surface area (TPSA) is 57.7 Å². The third-order valence-electron chi connectivity index (χ3n) is 5.35. The quantitative estimate of drug-likeness (QED) is 0.758. The van der Waals surface area contributed by atoms with Crippen LogP contribution in [-0.2, 0) is 14.4 Å². The molecule has 1 unspecified atom stereocenters. The Morgan fingerprint density at radius 3 is 2.35 bits per heavy atom. The second-order valence-corrected chi connectivity index (χ2v) is 7.08. The number of halogens is 1. The highest BCUT2D eigenvalue weighted by Gasteiger charge is 2.29. The van der Waals surface area contributed by atoms with Crippen molar-refractivity contribution >= 4 is 23.2 Å². The van der Waals surface area contributed by atoms with E-state index >= 15 is 0 Å². The number of rotatable bonds is 5. The molecule has 1 saturated carbocycles. The van der Waals surface area contributed by atoms with Crippen LogP contribution in [0, 0.1) is 11.7 Å². The van der Waals surface area contributed by atoms with Gasteiger partial charge in [0.2, 0.25) is 5.91 Å². The molecule has 0 N–H and O–H groups in total. The summed E-state index contributed by atoms with van der Waals surface area (Å²) in [7, 11) is 0. The Morgan fingerprint density at radius 1 is 1.00 bits per heavy atom. The number of hydrogen-bond donors (Lipinski definition) is 0. The number of carbonyl (C=O) groups is 3. The van der Waals surface area contributed by atoms with Crippen molar-refractivity contribution in [1.29, 1.82) is 0 Å². The van der Waals surface area contributed by atoms with E-state index in [4.69, 9.17) is 0 Å². The van der Waals surface area contributed by atoms with Crippen LogP contribution in [0.15, 0.2) is 24.3 Å². The Kier molecular flexibility index (Phi) is 6.01. The van der Waals surface area contributed by atoms with E-state index in [0.717, 1.165) is 18.5 Å². The number of amides is 1. The zero-order chi connectivity index (χ0) is 18.5. The molecule has 1 aromatic carbocycles. The van der Waals surface area contributed by atoms with Crippen molar-refractivity contribution < 1.29 is 18.8 Å². The summed E-state index contributed by atoms with van der Waals surface area (Å²) >= 11 is 0. The van der Waals surface area contributed by atoms with Crippen LogP contribution in [0.25, 0.3) is 0 Å². The van der Waals surface area contributed by atoms with E-state index in [1.54, 1.807) is 17.0 Å². The summed E-state index contributed by atoms with van der Waals surface area (Å²) in [6.07, 6.45) is 3.27. The van der Waals surface area contributed by atoms with Gasteiger partial charge in [0, 0.05) is 51.1 Å². The van der Waals surface area contributed by atoms with Crippen molar-refractivity contribution in [1.82, 2.24) is 4.90 Å². The van der Waals surface area contributed by atoms with Crippen LogP contribution in [0.1, 0.15) is 38.5 Å². The normalized spacial score (nSPS) is 21.0. The van der Waals surface area contributed by atoms with Gasteiger partial charge in [-0.2, -0.15) is 0 Å². The second-order valence-electron chi connectivity index (χ2n) is 7.08. The minimum absolute atomic E-state index is 0.0274. The molecule has 2 aliphatic rings. The van der Waals surface area contributed by atoms with Gasteiger partial charge < -0.3 is 9.80 Å². The number of carbonyl (C=O) groups excluding carboxylic acids is 3. The number of Topliss-reactive ketones (excluding diaryl/α,β-unsaturated/α-hetero) is 2. The molecule has 1 amide bonds. The van der Waals surface area contributed by atoms with Crippen LogP contribution >= 0.6 is 0 Å². The molecule has 0 radical (unpaired) electrons. The first-order valence-corrected chi connectivity index (χ1v) is 9.38. The molecule has 0 aromatic heterocycles. The van der Waals surface area contributed by atoms with Crippen molar-refractivity contribution in [3.63, 3.8) is 0 Å². The Morgan fingerprint density at radius 2 is 1.69 bits per heavy atom. The van der Waals surface area contributed by atoms with E-state index in [-0.39, 0.29) is 36.1 Å². The van der Waals surface area contributed by atoms with Crippen LogP contribution < -0.4 is 4.90 Å². The summed E-state index contributed by atoms with van der Waals surface area (Å²) in [6, 6.07) is 6.36. The van der Waals surface area contributed by atoms with Crippen molar-refractivity contribution in [2.45, 2.75) is 38.5 Å². The molecule has 140 valence electrons. The lowest BCUT2D eigenvalue weighted by molar-refractivity contribution is -0.138. The van der Waals surface area contributed by atoms with E-state index in [9.17, 15) is 18.8 Å². The molecule has 5 nitrogen and oxygen atoms in total. The molecule has 1 aliphatic heterocycles. The lowest BCUT2D eigenvalue weighted by Gasteiger charge is -2.36. The second kappa shape index (κ2) is 8.43. The van der Waals surface area contributed by atoms with E-state index in [1.165, 1.54) is 12.1 Å². The minimum atomic E-state index is -0.480. The van der Waals surface area contributed by atoms with E-state index in [1.807, 2.05) is 0 Å². The first-order chi connectivity index (χ1) is 12.5. The molecule has 1 aliphatic carbocycles. The maximum atomic E-state index is 13.0. The van der Waals surface area contributed by atoms with Gasteiger partial charge in [-0.05, 0) is 37.1 Å². The highest BCUT2D eigenvalue weighted by atomic mass is 19.1. The molecule has 2 fully saturated rings. The standard InChI is InChI=1S/C20H25FN2O3/c21-15-5-7-16(8-6-15)22-11-13-23(14-12-22)20(26)10-9-19(25)17-3-1-2-4-18(17)24/h5-8,17H,1-4,9-14H2. The van der Waals surface area contributed by atoms with Crippen LogP contribution in [0.4, 0.5) is 10.1 Å². The zero-order valence-electron chi connectivity index (χ0n) is 15.0. The summed E-state index contributed by atoms with van der Waals surface area (Å²) in [5.74, 6) is -0.800. The van der Waals surface area contributed by atoms with Gasteiger partial charge in [-0.1, -0.05) is 6.42 Å². The first kappa shape index (κ1) is 18.5. The van der Waals surface area contributed by atoms with E-state index in [0.29, 0.717) is 39.0 Å². The van der Waals surface area contributed by atoms with Crippen LogP contribution in [0.2, 0.25) is 0 Å². The molecule has 1 atom stereocenters. The molecule has 0 bridgehead atoms. The fourth-order valence-electron chi connectivity index (χ4n) is 3.75. The Hall–Kier alpha value is -2.24. The maximum absolute atomic E-state index is 13.0. The smallest absolute Gasteiger partial charge is 0.223 e. The molecule has 1 aromatic rings. The number of hydrogen-bond acceptors (Lipinski definition) is 4. The van der Waals surface area contributed by atoms with Gasteiger partial charge in [0.05, 0.1) is 5.92 Å². The molecule has 26 heavy (non-hydrogen) atoms. The maximum Gasteiger partial charge on any atom is 0.223 e. The van der Waals surface area contributed by atoms with Gasteiger partial charge in [-0.25, -0.2) is 4.39 Å². The summed E-state index contributed by atoms with van der Waals surface area (Å²) in [4.78, 5) is 40.3. The number of anilines is 1. The average molecular weight is 360 g/mol. The van der Waals surface area contributed by atoms with E-state index in [2.05, 4.69) is 4.90 Å². The Labute approximate surface area is 153 Å². The SMILES string of the molecule is O=C1CCCCC1C(=O)CCC(=O)N1CCN(c2ccc(F)cc2)CC1. The average Bonchev–Trinajstić information content (AvgIpc) is 2.67. The Bertz CT molecular complexity index is 666. The predicted molar refractivity (Wildman–Crippen MR) is 96.4 cm³/mol. The predicted octanol–water partition coefficient (Wildman–Crippen LogP) is 2.58. The summed E-state index contributed by atoms with van der Waals surface area (Å²) in [5.41, 5.74) is 0.949. The molecule has 3 rings (SSSR count). The van der Waals surface area contributed by atoms with Crippen molar-refractivity contribution in [3.8, 4) is 0 Å².